The lowest BCUT2D eigenvalue weighted by Crippen LogP contribution is -2.24. The summed E-state index contributed by atoms with van der Waals surface area (Å²) in [6.07, 6.45) is 2.33. The summed E-state index contributed by atoms with van der Waals surface area (Å²) in [5.74, 6) is 1.26. The number of methoxy groups -OCH3 is 2. The second-order valence-electron chi connectivity index (χ2n) is 5.45. The largest absolute Gasteiger partial charge is 0.490 e. The van der Waals surface area contributed by atoms with Crippen LogP contribution in [0.25, 0.3) is 0 Å². The zero-order valence-corrected chi connectivity index (χ0v) is 14.2. The van der Waals surface area contributed by atoms with Gasteiger partial charge in [-0.15, -0.1) is 0 Å². The molecule has 1 aromatic rings. The van der Waals surface area contributed by atoms with Crippen molar-refractivity contribution in [3.8, 4) is 11.5 Å². The van der Waals surface area contributed by atoms with Gasteiger partial charge in [-0.3, -0.25) is 4.79 Å². The van der Waals surface area contributed by atoms with Gasteiger partial charge in [0.1, 0.15) is 31.0 Å². The van der Waals surface area contributed by atoms with E-state index in [0.29, 0.717) is 19.6 Å². The van der Waals surface area contributed by atoms with E-state index in [9.17, 15) is 4.79 Å². The van der Waals surface area contributed by atoms with Crippen LogP contribution in [0.1, 0.15) is 24.3 Å². The number of fused-ring (bicyclic) bond motifs is 1. The standard InChI is InChI=1S/C18H24O6/c1-4-8-23-13-5-6-16-15(10-13)14(7-9-22-12-20-2)17(24-16)11-18(19)21-3/h4-6,10,14,17H,1,7-9,11-12H2,2-3H3/t14-,17+/m0/s1. The van der Waals surface area contributed by atoms with Crippen LogP contribution in [-0.2, 0) is 19.0 Å². The molecule has 0 aromatic heterocycles. The number of carbonyl (C=O) groups is 1. The molecule has 2 rings (SSSR count). The first-order valence-electron chi connectivity index (χ1n) is 7.87. The number of benzene rings is 1. The van der Waals surface area contributed by atoms with Crippen molar-refractivity contribution in [2.45, 2.75) is 24.9 Å². The molecule has 0 saturated heterocycles. The number of hydrogen-bond donors (Lipinski definition) is 0. The number of carbonyl (C=O) groups excluding carboxylic acids is 1. The van der Waals surface area contributed by atoms with Crippen molar-refractivity contribution in [1.29, 1.82) is 0 Å². The highest BCUT2D eigenvalue weighted by molar-refractivity contribution is 5.70. The molecule has 0 N–H and O–H groups in total. The molecule has 1 heterocycles. The fourth-order valence-corrected chi connectivity index (χ4v) is 2.74. The Kier molecular flexibility index (Phi) is 7.08. The molecule has 0 saturated carbocycles. The van der Waals surface area contributed by atoms with Gasteiger partial charge in [-0.05, 0) is 24.6 Å². The third kappa shape index (κ3) is 4.72. The second-order valence-corrected chi connectivity index (χ2v) is 5.45. The molecule has 0 unspecified atom stereocenters. The van der Waals surface area contributed by atoms with Gasteiger partial charge in [-0.25, -0.2) is 0 Å². The van der Waals surface area contributed by atoms with Crippen LogP contribution in [0.15, 0.2) is 30.9 Å². The van der Waals surface area contributed by atoms with Gasteiger partial charge in [0.25, 0.3) is 0 Å². The molecule has 0 bridgehead atoms. The van der Waals surface area contributed by atoms with Crippen LogP contribution < -0.4 is 9.47 Å². The topological polar surface area (TPSA) is 63.2 Å². The predicted molar refractivity (Wildman–Crippen MR) is 88.4 cm³/mol. The first kappa shape index (κ1) is 18.3. The van der Waals surface area contributed by atoms with Gasteiger partial charge in [-0.1, -0.05) is 12.7 Å². The van der Waals surface area contributed by atoms with Crippen molar-refractivity contribution in [3.63, 3.8) is 0 Å². The molecule has 0 spiro atoms. The summed E-state index contributed by atoms with van der Waals surface area (Å²) >= 11 is 0. The van der Waals surface area contributed by atoms with Crippen LogP contribution in [-0.4, -0.2) is 46.3 Å². The summed E-state index contributed by atoms with van der Waals surface area (Å²) in [6, 6.07) is 5.67. The van der Waals surface area contributed by atoms with Gasteiger partial charge >= 0.3 is 5.97 Å². The molecule has 0 amide bonds. The third-order valence-corrected chi connectivity index (χ3v) is 3.85. The highest BCUT2D eigenvalue weighted by atomic mass is 16.7. The summed E-state index contributed by atoms with van der Waals surface area (Å²) in [6.45, 7) is 4.83. The first-order chi connectivity index (χ1) is 11.7. The van der Waals surface area contributed by atoms with Crippen LogP contribution >= 0.6 is 0 Å². The molecule has 0 aliphatic carbocycles. The zero-order chi connectivity index (χ0) is 17.4. The molecule has 1 aliphatic rings. The van der Waals surface area contributed by atoms with Gasteiger partial charge in [-0.2, -0.15) is 0 Å². The molecule has 2 atom stereocenters. The Morgan fingerprint density at radius 1 is 1.38 bits per heavy atom. The number of ether oxygens (including phenoxy) is 5. The highest BCUT2D eigenvalue weighted by Crippen LogP contribution is 2.43. The van der Waals surface area contributed by atoms with Crippen molar-refractivity contribution in [2.24, 2.45) is 0 Å². The Morgan fingerprint density at radius 2 is 2.21 bits per heavy atom. The molecule has 6 nitrogen and oxygen atoms in total. The van der Waals surface area contributed by atoms with E-state index < -0.39 is 0 Å². The van der Waals surface area contributed by atoms with Crippen molar-refractivity contribution >= 4 is 5.97 Å². The minimum atomic E-state index is -0.293. The van der Waals surface area contributed by atoms with Crippen LogP contribution in [0.5, 0.6) is 11.5 Å². The highest BCUT2D eigenvalue weighted by Gasteiger charge is 2.36. The maximum atomic E-state index is 11.7. The fraction of sp³-hybridized carbons (Fsp3) is 0.500. The Morgan fingerprint density at radius 3 is 2.92 bits per heavy atom. The minimum Gasteiger partial charge on any atom is -0.490 e. The molecule has 132 valence electrons. The smallest absolute Gasteiger partial charge is 0.309 e. The Labute approximate surface area is 142 Å². The Balaban J connectivity index is 2.12. The van der Waals surface area contributed by atoms with Crippen LogP contribution in [0.2, 0.25) is 0 Å². The van der Waals surface area contributed by atoms with E-state index in [0.717, 1.165) is 17.1 Å². The molecule has 6 heteroatoms. The van der Waals surface area contributed by atoms with E-state index in [4.69, 9.17) is 23.7 Å². The van der Waals surface area contributed by atoms with E-state index >= 15 is 0 Å². The van der Waals surface area contributed by atoms with Gasteiger partial charge in [0, 0.05) is 18.6 Å². The van der Waals surface area contributed by atoms with Crippen molar-refractivity contribution in [2.75, 3.05) is 34.2 Å². The van der Waals surface area contributed by atoms with Crippen molar-refractivity contribution in [1.82, 2.24) is 0 Å². The molecule has 0 fully saturated rings. The lowest BCUT2D eigenvalue weighted by Gasteiger charge is -2.18. The predicted octanol–water partition coefficient (Wildman–Crippen LogP) is 2.67. The average Bonchev–Trinajstić information content (AvgIpc) is 2.93. The van der Waals surface area contributed by atoms with Gasteiger partial charge in [0.05, 0.1) is 20.1 Å². The monoisotopic (exact) mass is 336 g/mol. The molecular weight excluding hydrogens is 312 g/mol. The van der Waals surface area contributed by atoms with Crippen LogP contribution in [0.3, 0.4) is 0 Å². The Hall–Kier alpha value is -2.05. The van der Waals surface area contributed by atoms with Crippen LogP contribution in [0, 0.1) is 0 Å². The summed E-state index contributed by atoms with van der Waals surface area (Å²) in [7, 11) is 2.96. The van der Waals surface area contributed by atoms with Gasteiger partial charge < -0.3 is 23.7 Å². The molecular formula is C18H24O6. The number of hydrogen-bond acceptors (Lipinski definition) is 6. The van der Waals surface area contributed by atoms with Gasteiger partial charge in [0.2, 0.25) is 0 Å². The van der Waals surface area contributed by atoms with E-state index in [1.807, 2.05) is 18.2 Å². The van der Waals surface area contributed by atoms with E-state index in [1.54, 1.807) is 13.2 Å². The van der Waals surface area contributed by atoms with Crippen LogP contribution in [0.4, 0.5) is 0 Å². The minimum absolute atomic E-state index is 0.0308. The zero-order valence-electron chi connectivity index (χ0n) is 14.2. The normalized spacial score (nSPS) is 18.6. The van der Waals surface area contributed by atoms with Gasteiger partial charge in [0.15, 0.2) is 0 Å². The van der Waals surface area contributed by atoms with Crippen molar-refractivity contribution < 1.29 is 28.5 Å². The quantitative estimate of drug-likeness (QED) is 0.283. The number of esters is 1. The summed E-state index contributed by atoms with van der Waals surface area (Å²) in [5.41, 5.74) is 1.02. The molecule has 1 aliphatic heterocycles. The summed E-state index contributed by atoms with van der Waals surface area (Å²) < 4.78 is 26.6. The maximum absolute atomic E-state index is 11.7. The molecule has 24 heavy (non-hydrogen) atoms. The van der Waals surface area contributed by atoms with E-state index in [-0.39, 0.29) is 31.2 Å². The maximum Gasteiger partial charge on any atom is 0.309 e. The lowest BCUT2D eigenvalue weighted by molar-refractivity contribution is -0.142. The fourth-order valence-electron chi connectivity index (χ4n) is 2.74. The van der Waals surface area contributed by atoms with Crippen molar-refractivity contribution in [3.05, 3.63) is 36.4 Å². The summed E-state index contributed by atoms with van der Waals surface area (Å²) in [5, 5.41) is 0. The molecule has 0 radical (unpaired) electrons. The lowest BCUT2D eigenvalue weighted by atomic mass is 9.91. The summed E-state index contributed by atoms with van der Waals surface area (Å²) in [4.78, 5) is 11.7. The molecule has 1 aromatic carbocycles. The SMILES string of the molecule is C=CCOc1ccc2c(c1)[C@H](CCOCOC)[C@@H](CC(=O)OC)O2. The number of rotatable bonds is 10. The third-order valence-electron chi connectivity index (χ3n) is 3.85. The Bertz CT molecular complexity index is 556. The van der Waals surface area contributed by atoms with E-state index in [2.05, 4.69) is 6.58 Å². The van der Waals surface area contributed by atoms with E-state index in [1.165, 1.54) is 7.11 Å². The first-order valence-corrected chi connectivity index (χ1v) is 7.87. The average molecular weight is 336 g/mol. The second kappa shape index (κ2) is 9.30.